The zero-order valence-corrected chi connectivity index (χ0v) is 17.6. The summed E-state index contributed by atoms with van der Waals surface area (Å²) in [4.78, 5) is 11.4. The minimum absolute atomic E-state index is 0.650. The van der Waals surface area contributed by atoms with Crippen LogP contribution >= 0.6 is 0 Å². The predicted molar refractivity (Wildman–Crippen MR) is 121 cm³/mol. The van der Waals surface area contributed by atoms with E-state index in [2.05, 4.69) is 20.2 Å². The zero-order chi connectivity index (χ0) is 21.0. The van der Waals surface area contributed by atoms with Gasteiger partial charge in [0.15, 0.2) is 11.5 Å². The molecule has 0 atom stereocenters. The Morgan fingerprint density at radius 2 is 1.97 bits per heavy atom. The van der Waals surface area contributed by atoms with Crippen LogP contribution in [0.25, 0.3) is 21.9 Å². The first-order valence-corrected chi connectivity index (χ1v) is 10.7. The van der Waals surface area contributed by atoms with Crippen LogP contribution in [0.3, 0.4) is 0 Å². The van der Waals surface area contributed by atoms with E-state index in [1.165, 1.54) is 25.9 Å². The van der Waals surface area contributed by atoms with Crippen molar-refractivity contribution in [1.29, 1.82) is 0 Å². The number of hydrogen-bond donors (Lipinski definition) is 1. The Bertz CT molecular complexity index is 1180. The van der Waals surface area contributed by atoms with Gasteiger partial charge >= 0.3 is 0 Å². The second-order valence-electron chi connectivity index (χ2n) is 7.76. The third-order valence-corrected chi connectivity index (χ3v) is 5.74. The normalized spacial score (nSPS) is 14.4. The third-order valence-electron chi connectivity index (χ3n) is 5.74. The molecule has 1 N–H and O–H groups in total. The SMILES string of the molecule is COc1cc2c(Nc3cccc4occc34)ncnc2cc1OCCCN1CCCC1. The molecule has 3 heterocycles. The standard InChI is InChI=1S/C24H26N4O3/c1-29-22-14-18-20(15-23(22)30-12-5-11-28-9-2-3-10-28)25-16-26-24(18)27-19-6-4-7-21-17(19)8-13-31-21/h4,6-8,13-16H,2-3,5,9-12H2,1H3,(H,25,26,27). The summed E-state index contributed by atoms with van der Waals surface area (Å²) in [6, 6.07) is 11.7. The monoisotopic (exact) mass is 418 g/mol. The first-order chi connectivity index (χ1) is 15.3. The highest BCUT2D eigenvalue weighted by Crippen LogP contribution is 2.35. The van der Waals surface area contributed by atoms with Crippen LogP contribution in [0, 0.1) is 0 Å². The zero-order valence-electron chi connectivity index (χ0n) is 17.6. The number of ether oxygens (including phenoxy) is 2. The number of nitrogens with zero attached hydrogens (tertiary/aromatic N) is 3. The van der Waals surface area contributed by atoms with E-state index < -0.39 is 0 Å². The maximum Gasteiger partial charge on any atom is 0.163 e. The quantitative estimate of drug-likeness (QED) is 0.404. The third kappa shape index (κ3) is 4.14. The van der Waals surface area contributed by atoms with E-state index in [1.807, 2.05) is 36.4 Å². The van der Waals surface area contributed by atoms with E-state index in [9.17, 15) is 0 Å². The molecule has 0 spiro atoms. The van der Waals surface area contributed by atoms with Crippen LogP contribution in [0.1, 0.15) is 19.3 Å². The maximum atomic E-state index is 6.06. The summed E-state index contributed by atoms with van der Waals surface area (Å²) in [7, 11) is 1.65. The van der Waals surface area contributed by atoms with E-state index in [0.29, 0.717) is 23.9 Å². The Kier molecular flexibility index (Phi) is 5.58. The van der Waals surface area contributed by atoms with E-state index in [0.717, 1.165) is 40.5 Å². The number of aromatic nitrogens is 2. The molecule has 160 valence electrons. The van der Waals surface area contributed by atoms with Crippen molar-refractivity contribution in [2.45, 2.75) is 19.3 Å². The van der Waals surface area contributed by atoms with Crippen LogP contribution in [0.2, 0.25) is 0 Å². The highest BCUT2D eigenvalue weighted by atomic mass is 16.5. The van der Waals surface area contributed by atoms with Crippen molar-refractivity contribution in [2.75, 3.05) is 38.7 Å². The van der Waals surface area contributed by atoms with Gasteiger partial charge in [0.05, 0.1) is 31.2 Å². The van der Waals surface area contributed by atoms with Crippen molar-refractivity contribution < 1.29 is 13.9 Å². The second-order valence-corrected chi connectivity index (χ2v) is 7.76. The largest absolute Gasteiger partial charge is 0.493 e. The summed E-state index contributed by atoms with van der Waals surface area (Å²) in [5.41, 5.74) is 2.55. The fourth-order valence-electron chi connectivity index (χ4n) is 4.14. The van der Waals surface area contributed by atoms with E-state index in [4.69, 9.17) is 13.9 Å². The number of nitrogens with one attached hydrogen (secondary N) is 1. The molecular weight excluding hydrogens is 392 g/mol. The molecule has 0 radical (unpaired) electrons. The van der Waals surface area contributed by atoms with Crippen molar-refractivity contribution >= 4 is 33.4 Å². The predicted octanol–water partition coefficient (Wildman–Crippen LogP) is 4.99. The second kappa shape index (κ2) is 8.81. The van der Waals surface area contributed by atoms with Gasteiger partial charge in [0, 0.05) is 23.4 Å². The van der Waals surface area contributed by atoms with E-state index in [1.54, 1.807) is 19.7 Å². The lowest BCUT2D eigenvalue weighted by Crippen LogP contribution is -2.21. The lowest BCUT2D eigenvalue weighted by Gasteiger charge is -2.16. The molecule has 2 aromatic carbocycles. The Balaban J connectivity index is 1.37. The Morgan fingerprint density at radius 3 is 2.84 bits per heavy atom. The van der Waals surface area contributed by atoms with Crippen LogP contribution in [0.15, 0.2) is 53.4 Å². The topological polar surface area (TPSA) is 72.6 Å². The molecule has 2 aromatic heterocycles. The molecule has 0 bridgehead atoms. The Morgan fingerprint density at radius 1 is 1.06 bits per heavy atom. The molecule has 31 heavy (non-hydrogen) atoms. The number of benzene rings is 2. The highest BCUT2D eigenvalue weighted by Gasteiger charge is 2.14. The molecule has 0 amide bonds. The summed E-state index contributed by atoms with van der Waals surface area (Å²) in [6.45, 7) is 4.14. The van der Waals surface area contributed by atoms with Gasteiger partial charge in [-0.15, -0.1) is 0 Å². The minimum atomic E-state index is 0.650. The molecule has 7 heteroatoms. The highest BCUT2D eigenvalue weighted by molar-refractivity contribution is 5.97. The smallest absolute Gasteiger partial charge is 0.163 e. The van der Waals surface area contributed by atoms with Crippen molar-refractivity contribution in [3.63, 3.8) is 0 Å². The number of likely N-dealkylation sites (tertiary alicyclic amines) is 1. The van der Waals surface area contributed by atoms with Gasteiger partial charge in [-0.2, -0.15) is 0 Å². The van der Waals surface area contributed by atoms with Gasteiger partial charge < -0.3 is 24.1 Å². The van der Waals surface area contributed by atoms with Gasteiger partial charge in [0.25, 0.3) is 0 Å². The molecule has 4 aromatic rings. The molecule has 1 aliphatic heterocycles. The number of hydrogen-bond acceptors (Lipinski definition) is 7. The average Bonchev–Trinajstić information content (AvgIpc) is 3.49. The number of methoxy groups -OCH3 is 1. The van der Waals surface area contributed by atoms with Crippen LogP contribution in [-0.4, -0.2) is 48.2 Å². The molecule has 1 saturated heterocycles. The Labute approximate surface area is 181 Å². The van der Waals surface area contributed by atoms with Crippen LogP contribution in [0.5, 0.6) is 11.5 Å². The van der Waals surface area contributed by atoms with Crippen molar-refractivity contribution in [1.82, 2.24) is 14.9 Å². The molecule has 1 aliphatic rings. The lowest BCUT2D eigenvalue weighted by atomic mass is 10.2. The summed E-state index contributed by atoms with van der Waals surface area (Å²) >= 11 is 0. The fourth-order valence-corrected chi connectivity index (χ4v) is 4.14. The van der Waals surface area contributed by atoms with Crippen LogP contribution < -0.4 is 14.8 Å². The summed E-state index contributed by atoms with van der Waals surface area (Å²) in [5, 5.41) is 5.28. The summed E-state index contributed by atoms with van der Waals surface area (Å²) < 4.78 is 17.2. The molecule has 7 nitrogen and oxygen atoms in total. The van der Waals surface area contributed by atoms with Gasteiger partial charge in [0.2, 0.25) is 0 Å². The lowest BCUT2D eigenvalue weighted by molar-refractivity contribution is 0.254. The van der Waals surface area contributed by atoms with Crippen molar-refractivity contribution in [3.8, 4) is 11.5 Å². The van der Waals surface area contributed by atoms with E-state index in [-0.39, 0.29) is 0 Å². The van der Waals surface area contributed by atoms with Crippen LogP contribution in [0.4, 0.5) is 11.5 Å². The van der Waals surface area contributed by atoms with E-state index >= 15 is 0 Å². The van der Waals surface area contributed by atoms with Crippen molar-refractivity contribution in [3.05, 3.63) is 49.0 Å². The fraction of sp³-hybridized carbons (Fsp3) is 0.333. The number of anilines is 2. The number of furan rings is 1. The van der Waals surface area contributed by atoms with Gasteiger partial charge in [-0.3, -0.25) is 0 Å². The number of fused-ring (bicyclic) bond motifs is 2. The van der Waals surface area contributed by atoms with Gasteiger partial charge in [-0.1, -0.05) is 6.07 Å². The molecular formula is C24H26N4O3. The molecule has 1 fully saturated rings. The first kappa shape index (κ1) is 19.6. The van der Waals surface area contributed by atoms with Crippen LogP contribution in [-0.2, 0) is 0 Å². The van der Waals surface area contributed by atoms with Gasteiger partial charge in [0.1, 0.15) is 17.7 Å². The molecule has 0 saturated carbocycles. The first-order valence-electron chi connectivity index (χ1n) is 10.7. The number of rotatable bonds is 8. The van der Waals surface area contributed by atoms with Crippen molar-refractivity contribution in [2.24, 2.45) is 0 Å². The maximum absolute atomic E-state index is 6.06. The molecule has 0 unspecified atom stereocenters. The van der Waals surface area contributed by atoms with Gasteiger partial charge in [-0.05, 0) is 56.6 Å². The molecule has 0 aliphatic carbocycles. The van der Waals surface area contributed by atoms with Gasteiger partial charge in [-0.25, -0.2) is 9.97 Å². The molecule has 5 rings (SSSR count). The summed E-state index contributed by atoms with van der Waals surface area (Å²) in [6.07, 6.45) is 6.86. The minimum Gasteiger partial charge on any atom is -0.493 e. The average molecular weight is 418 g/mol. The summed E-state index contributed by atoms with van der Waals surface area (Å²) in [5.74, 6) is 2.09. The Hall–Kier alpha value is -3.32.